The van der Waals surface area contributed by atoms with E-state index in [-0.39, 0.29) is 0 Å². The van der Waals surface area contributed by atoms with Crippen molar-refractivity contribution in [2.45, 2.75) is 20.4 Å². The second-order valence-corrected chi connectivity index (χ2v) is 4.52. The number of aryl methyl sites for hydroxylation is 1. The van der Waals surface area contributed by atoms with Gasteiger partial charge in [0, 0.05) is 12.1 Å². The molecule has 0 saturated heterocycles. The third-order valence-corrected chi connectivity index (χ3v) is 3.54. The number of anilines is 2. The average molecular weight is 249 g/mol. The molecule has 0 radical (unpaired) electrons. The lowest BCUT2D eigenvalue weighted by Crippen LogP contribution is -2.12. The van der Waals surface area contributed by atoms with Crippen molar-refractivity contribution in [1.29, 1.82) is 0 Å². The summed E-state index contributed by atoms with van der Waals surface area (Å²) in [7, 11) is 0. The van der Waals surface area contributed by atoms with Gasteiger partial charge in [0.05, 0.1) is 0 Å². The molecule has 5 nitrogen and oxygen atoms in total. The van der Waals surface area contributed by atoms with Crippen molar-refractivity contribution in [1.82, 2.24) is 9.97 Å². The van der Waals surface area contributed by atoms with E-state index in [1.54, 1.807) is 11.3 Å². The van der Waals surface area contributed by atoms with E-state index in [1.807, 2.05) is 6.92 Å². The summed E-state index contributed by atoms with van der Waals surface area (Å²) >= 11 is 1.71. The lowest BCUT2D eigenvalue weighted by molar-refractivity contribution is 1.05. The molecule has 4 N–H and O–H groups in total. The number of aromatic nitrogens is 2. The van der Waals surface area contributed by atoms with E-state index in [0.717, 1.165) is 17.9 Å². The third-order valence-electron chi connectivity index (χ3n) is 2.63. The molecule has 0 unspecified atom stereocenters. The maximum atomic E-state index is 5.37. The first-order valence-electron chi connectivity index (χ1n) is 5.26. The predicted octanol–water partition coefficient (Wildman–Crippen LogP) is 2.05. The minimum atomic E-state index is 0.643. The number of nitrogens with two attached hydrogens (primary N) is 1. The number of nitrogen functional groups attached to an aromatic ring is 1. The van der Waals surface area contributed by atoms with E-state index >= 15 is 0 Å². The van der Waals surface area contributed by atoms with Gasteiger partial charge in [-0.3, -0.25) is 0 Å². The van der Waals surface area contributed by atoms with Gasteiger partial charge in [-0.05, 0) is 35.7 Å². The molecule has 0 aliphatic rings. The molecule has 2 heterocycles. The van der Waals surface area contributed by atoms with Crippen LogP contribution in [0.25, 0.3) is 0 Å². The molecular weight excluding hydrogens is 234 g/mol. The predicted molar refractivity (Wildman–Crippen MR) is 71.0 cm³/mol. The summed E-state index contributed by atoms with van der Waals surface area (Å²) in [5, 5.41) is 7.57. The zero-order valence-corrected chi connectivity index (χ0v) is 10.6. The maximum Gasteiger partial charge on any atom is 0.148 e. The van der Waals surface area contributed by atoms with E-state index < -0.39 is 0 Å². The van der Waals surface area contributed by atoms with E-state index in [9.17, 15) is 0 Å². The second kappa shape index (κ2) is 5.11. The standard InChI is InChI=1S/C11H15N5S/c1-7-4-17-5-9(7)3-13-10-8(2)11(16-12)15-6-14-10/h4-6H,3,12H2,1-2H3,(H2,13,14,15,16). The Balaban J connectivity index is 2.12. The quantitative estimate of drug-likeness (QED) is 0.571. The molecule has 0 atom stereocenters. The normalized spacial score (nSPS) is 10.3. The van der Waals surface area contributed by atoms with Gasteiger partial charge in [0.25, 0.3) is 0 Å². The molecule has 17 heavy (non-hydrogen) atoms. The van der Waals surface area contributed by atoms with E-state index in [2.05, 4.69) is 38.4 Å². The number of hydrogen-bond acceptors (Lipinski definition) is 6. The molecule has 2 aromatic rings. The first kappa shape index (κ1) is 11.8. The number of hydrazine groups is 1. The van der Waals surface area contributed by atoms with Crippen LogP contribution in [0.3, 0.4) is 0 Å². The fourth-order valence-electron chi connectivity index (χ4n) is 1.52. The number of rotatable bonds is 4. The smallest absolute Gasteiger partial charge is 0.148 e. The van der Waals surface area contributed by atoms with Crippen LogP contribution >= 0.6 is 11.3 Å². The third kappa shape index (κ3) is 2.54. The Bertz CT molecular complexity index is 508. The highest BCUT2D eigenvalue weighted by molar-refractivity contribution is 7.08. The summed E-state index contributed by atoms with van der Waals surface area (Å²) in [6, 6.07) is 0. The molecule has 6 heteroatoms. The van der Waals surface area contributed by atoms with Crippen LogP contribution in [0, 0.1) is 13.8 Å². The van der Waals surface area contributed by atoms with Crippen LogP contribution < -0.4 is 16.6 Å². The minimum Gasteiger partial charge on any atom is -0.366 e. The number of nitrogens with one attached hydrogen (secondary N) is 2. The van der Waals surface area contributed by atoms with Crippen molar-refractivity contribution in [3.05, 3.63) is 33.8 Å². The lowest BCUT2D eigenvalue weighted by Gasteiger charge is -2.10. The van der Waals surface area contributed by atoms with Crippen molar-refractivity contribution in [3.8, 4) is 0 Å². The van der Waals surface area contributed by atoms with Crippen LogP contribution in [0.2, 0.25) is 0 Å². The molecule has 0 bridgehead atoms. The largest absolute Gasteiger partial charge is 0.366 e. The maximum absolute atomic E-state index is 5.37. The van der Waals surface area contributed by atoms with Gasteiger partial charge in [0.2, 0.25) is 0 Å². The SMILES string of the molecule is Cc1cscc1CNc1ncnc(NN)c1C. The van der Waals surface area contributed by atoms with Crippen LogP contribution in [0.1, 0.15) is 16.7 Å². The van der Waals surface area contributed by atoms with Crippen molar-refractivity contribution in [3.63, 3.8) is 0 Å². The topological polar surface area (TPSA) is 75.9 Å². The average Bonchev–Trinajstić information content (AvgIpc) is 2.74. The molecule has 2 aromatic heterocycles. The highest BCUT2D eigenvalue weighted by Gasteiger charge is 2.06. The number of hydrogen-bond donors (Lipinski definition) is 3. The van der Waals surface area contributed by atoms with Crippen molar-refractivity contribution < 1.29 is 0 Å². The summed E-state index contributed by atoms with van der Waals surface area (Å²) in [5.74, 6) is 6.82. The van der Waals surface area contributed by atoms with Crippen LogP contribution in [-0.2, 0) is 6.54 Å². The zero-order chi connectivity index (χ0) is 12.3. The van der Waals surface area contributed by atoms with Crippen molar-refractivity contribution in [2.75, 3.05) is 10.7 Å². The van der Waals surface area contributed by atoms with Gasteiger partial charge in [-0.15, -0.1) is 0 Å². The van der Waals surface area contributed by atoms with Gasteiger partial charge < -0.3 is 10.7 Å². The molecule has 0 amide bonds. The molecule has 0 aliphatic carbocycles. The van der Waals surface area contributed by atoms with Gasteiger partial charge in [0.1, 0.15) is 18.0 Å². The number of nitrogens with zero attached hydrogens (tertiary/aromatic N) is 2. The lowest BCUT2D eigenvalue weighted by atomic mass is 10.2. The summed E-state index contributed by atoms with van der Waals surface area (Å²) < 4.78 is 0. The van der Waals surface area contributed by atoms with Crippen molar-refractivity contribution in [2.24, 2.45) is 5.84 Å². The fourth-order valence-corrected chi connectivity index (χ4v) is 2.38. The summed E-state index contributed by atoms with van der Waals surface area (Å²) in [4.78, 5) is 8.24. The highest BCUT2D eigenvalue weighted by Crippen LogP contribution is 2.19. The van der Waals surface area contributed by atoms with E-state index in [1.165, 1.54) is 17.5 Å². The summed E-state index contributed by atoms with van der Waals surface area (Å²) in [5.41, 5.74) is 6.06. The van der Waals surface area contributed by atoms with E-state index in [0.29, 0.717) is 5.82 Å². The molecule has 0 spiro atoms. The van der Waals surface area contributed by atoms with Gasteiger partial charge >= 0.3 is 0 Å². The minimum absolute atomic E-state index is 0.643. The van der Waals surface area contributed by atoms with Crippen LogP contribution in [-0.4, -0.2) is 9.97 Å². The summed E-state index contributed by atoms with van der Waals surface area (Å²) in [6.45, 7) is 4.79. The number of thiophene rings is 1. The van der Waals surface area contributed by atoms with Crippen LogP contribution in [0.15, 0.2) is 17.1 Å². The van der Waals surface area contributed by atoms with Crippen LogP contribution in [0.5, 0.6) is 0 Å². The molecule has 0 aromatic carbocycles. The molecule has 0 aliphatic heterocycles. The first-order chi connectivity index (χ1) is 8.22. The van der Waals surface area contributed by atoms with Gasteiger partial charge in [-0.1, -0.05) is 0 Å². The van der Waals surface area contributed by atoms with Crippen LogP contribution in [0.4, 0.5) is 11.6 Å². The second-order valence-electron chi connectivity index (χ2n) is 3.77. The highest BCUT2D eigenvalue weighted by atomic mass is 32.1. The molecule has 2 rings (SSSR count). The first-order valence-corrected chi connectivity index (χ1v) is 6.20. The molecule has 0 saturated carbocycles. The van der Waals surface area contributed by atoms with Crippen molar-refractivity contribution >= 4 is 23.0 Å². The van der Waals surface area contributed by atoms with Gasteiger partial charge in [-0.25, -0.2) is 15.8 Å². The summed E-state index contributed by atoms with van der Waals surface area (Å²) in [6.07, 6.45) is 1.49. The Kier molecular flexibility index (Phi) is 3.55. The Morgan fingerprint density at radius 3 is 2.65 bits per heavy atom. The zero-order valence-electron chi connectivity index (χ0n) is 9.82. The Morgan fingerprint density at radius 2 is 2.00 bits per heavy atom. The Hall–Kier alpha value is -1.66. The Morgan fingerprint density at radius 1 is 1.24 bits per heavy atom. The van der Waals surface area contributed by atoms with Gasteiger partial charge in [0.15, 0.2) is 0 Å². The van der Waals surface area contributed by atoms with E-state index in [4.69, 9.17) is 5.84 Å². The molecular formula is C11H15N5S. The Labute approximate surface area is 104 Å². The molecule has 90 valence electrons. The molecule has 0 fully saturated rings. The fraction of sp³-hybridized carbons (Fsp3) is 0.273. The monoisotopic (exact) mass is 249 g/mol. The van der Waals surface area contributed by atoms with Gasteiger partial charge in [-0.2, -0.15) is 11.3 Å².